The van der Waals surface area contributed by atoms with Crippen molar-refractivity contribution in [1.82, 2.24) is 4.31 Å². The first-order valence-corrected chi connectivity index (χ1v) is 10.3. The van der Waals surface area contributed by atoms with Crippen molar-refractivity contribution >= 4 is 10.0 Å². The van der Waals surface area contributed by atoms with Crippen LogP contribution in [0.1, 0.15) is 29.7 Å². The Hall–Kier alpha value is -2.12. The monoisotopic (exact) mass is 375 g/mol. The lowest BCUT2D eigenvalue weighted by atomic mass is 9.92. The van der Waals surface area contributed by atoms with Crippen LogP contribution in [0.2, 0.25) is 0 Å². The average molecular weight is 375 g/mol. The Morgan fingerprint density at radius 3 is 2.54 bits per heavy atom. The molecule has 0 N–H and O–H groups in total. The summed E-state index contributed by atoms with van der Waals surface area (Å²) in [5, 5.41) is 0. The molecule has 2 aromatic rings. The molecule has 2 aliphatic rings. The molecule has 6 nitrogen and oxygen atoms in total. The molecule has 0 atom stereocenters. The van der Waals surface area contributed by atoms with Gasteiger partial charge in [-0.15, -0.1) is 0 Å². The van der Waals surface area contributed by atoms with Gasteiger partial charge in [0, 0.05) is 6.07 Å². The van der Waals surface area contributed by atoms with Crippen LogP contribution < -0.4 is 10.4 Å². The third kappa shape index (κ3) is 3.29. The summed E-state index contributed by atoms with van der Waals surface area (Å²) in [4.78, 5) is 11.7. The van der Waals surface area contributed by atoms with Gasteiger partial charge in [-0.1, -0.05) is 6.07 Å². The first-order chi connectivity index (χ1) is 12.4. The van der Waals surface area contributed by atoms with E-state index in [9.17, 15) is 13.2 Å². The molecule has 4 rings (SSSR count). The Morgan fingerprint density at radius 1 is 1.08 bits per heavy atom. The van der Waals surface area contributed by atoms with E-state index in [4.69, 9.17) is 9.15 Å². The van der Waals surface area contributed by atoms with Crippen molar-refractivity contribution in [2.75, 3.05) is 13.1 Å². The summed E-state index contributed by atoms with van der Waals surface area (Å²) in [5.74, 6) is 0.875. The number of fused-ring (bicyclic) bond motifs is 1. The molecular weight excluding hydrogens is 354 g/mol. The molecule has 1 aromatic heterocycles. The second-order valence-corrected chi connectivity index (χ2v) is 8.86. The number of hydrogen-bond donors (Lipinski definition) is 0. The van der Waals surface area contributed by atoms with Gasteiger partial charge in [0.1, 0.15) is 17.6 Å². The van der Waals surface area contributed by atoms with Crippen LogP contribution in [0.3, 0.4) is 0 Å². The quantitative estimate of drug-likeness (QED) is 0.819. The number of ether oxygens (including phenoxy) is 1. The minimum absolute atomic E-state index is 0.261. The van der Waals surface area contributed by atoms with Crippen LogP contribution in [0.5, 0.6) is 5.75 Å². The second-order valence-electron chi connectivity index (χ2n) is 6.92. The largest absolute Gasteiger partial charge is 0.487 e. The molecule has 138 valence electrons. The highest BCUT2D eigenvalue weighted by atomic mass is 32.2. The van der Waals surface area contributed by atoms with E-state index in [1.807, 2.05) is 12.1 Å². The van der Waals surface area contributed by atoms with Gasteiger partial charge in [-0.3, -0.25) is 0 Å². The van der Waals surface area contributed by atoms with Crippen LogP contribution in [0.4, 0.5) is 0 Å². The summed E-state index contributed by atoms with van der Waals surface area (Å²) in [7, 11) is -3.50. The van der Waals surface area contributed by atoms with Gasteiger partial charge in [0.05, 0.1) is 24.1 Å². The van der Waals surface area contributed by atoms with E-state index in [1.54, 1.807) is 19.1 Å². The Labute approximate surface area is 152 Å². The van der Waals surface area contributed by atoms with E-state index in [2.05, 4.69) is 0 Å². The van der Waals surface area contributed by atoms with Crippen molar-refractivity contribution in [3.05, 3.63) is 57.6 Å². The molecular formula is C19H21NO5S. The van der Waals surface area contributed by atoms with Gasteiger partial charge in [0.15, 0.2) is 0 Å². The molecule has 7 heteroatoms. The molecule has 1 saturated heterocycles. The molecule has 1 aromatic carbocycles. The summed E-state index contributed by atoms with van der Waals surface area (Å²) in [6.45, 7) is 2.22. The Morgan fingerprint density at radius 2 is 1.81 bits per heavy atom. The second kappa shape index (κ2) is 6.55. The van der Waals surface area contributed by atoms with Crippen molar-refractivity contribution in [2.24, 2.45) is 0 Å². The maximum absolute atomic E-state index is 12.8. The number of hydrogen-bond acceptors (Lipinski definition) is 5. The summed E-state index contributed by atoms with van der Waals surface area (Å²) < 4.78 is 37.6. The fourth-order valence-electron chi connectivity index (χ4n) is 3.53. The van der Waals surface area contributed by atoms with Crippen molar-refractivity contribution in [3.63, 3.8) is 0 Å². The topological polar surface area (TPSA) is 76.8 Å². The smallest absolute Gasteiger partial charge is 0.339 e. The van der Waals surface area contributed by atoms with E-state index < -0.39 is 15.6 Å². The Kier molecular flexibility index (Phi) is 4.36. The third-order valence-electron chi connectivity index (χ3n) is 4.94. The minimum Gasteiger partial charge on any atom is -0.487 e. The number of aryl methyl sites for hydroxylation is 3. The fraction of sp³-hybridized carbons (Fsp3) is 0.421. The molecule has 0 bridgehead atoms. The zero-order chi connectivity index (χ0) is 18.3. The highest BCUT2D eigenvalue weighted by Gasteiger charge is 2.38. The van der Waals surface area contributed by atoms with Gasteiger partial charge < -0.3 is 9.15 Å². The predicted octanol–water partition coefficient (Wildman–Crippen LogP) is 2.28. The lowest BCUT2D eigenvalue weighted by molar-refractivity contribution is 0.0754. The normalized spacial score (nSPS) is 18.2. The summed E-state index contributed by atoms with van der Waals surface area (Å²) >= 11 is 0. The molecule has 0 spiro atoms. The van der Waals surface area contributed by atoms with Gasteiger partial charge in [-0.2, -0.15) is 4.31 Å². The number of benzene rings is 1. The molecule has 1 fully saturated rings. The van der Waals surface area contributed by atoms with Crippen LogP contribution in [-0.2, 0) is 22.9 Å². The number of sulfonamides is 1. The molecule has 1 aliphatic carbocycles. The van der Waals surface area contributed by atoms with E-state index in [0.717, 1.165) is 24.8 Å². The first-order valence-electron chi connectivity index (χ1n) is 8.82. The standard InChI is InChI=1S/C19H21NO5S/c1-13-8-16(10-19(21)24-13)25-17-11-20(12-17)26(22,23)18-7-6-14-4-2-3-5-15(14)9-18/h6-10,17H,2-5,11-12H2,1H3. The SMILES string of the molecule is Cc1cc(OC2CN(S(=O)(=O)c3ccc4c(c3)CCCC4)C2)cc(=O)o1. The highest BCUT2D eigenvalue weighted by Crippen LogP contribution is 2.28. The molecule has 0 radical (unpaired) electrons. The van der Waals surface area contributed by atoms with Crippen LogP contribution >= 0.6 is 0 Å². The van der Waals surface area contributed by atoms with Gasteiger partial charge in [0.25, 0.3) is 0 Å². The van der Waals surface area contributed by atoms with Crippen molar-refractivity contribution in [2.45, 2.75) is 43.6 Å². The lowest BCUT2D eigenvalue weighted by Gasteiger charge is -2.37. The van der Waals surface area contributed by atoms with Crippen LogP contribution in [-0.4, -0.2) is 31.9 Å². The molecule has 0 unspecified atom stereocenters. The molecule has 2 heterocycles. The van der Waals surface area contributed by atoms with E-state index in [0.29, 0.717) is 16.4 Å². The predicted molar refractivity (Wildman–Crippen MR) is 96.0 cm³/mol. The van der Waals surface area contributed by atoms with Crippen molar-refractivity contribution < 1.29 is 17.6 Å². The van der Waals surface area contributed by atoms with E-state index in [1.165, 1.54) is 22.4 Å². The summed E-state index contributed by atoms with van der Waals surface area (Å²) in [5.41, 5.74) is 1.94. The maximum atomic E-state index is 12.8. The highest BCUT2D eigenvalue weighted by molar-refractivity contribution is 7.89. The number of nitrogens with zero attached hydrogens (tertiary/aromatic N) is 1. The summed E-state index contributed by atoms with van der Waals surface area (Å²) in [6.07, 6.45) is 3.99. The number of rotatable bonds is 4. The zero-order valence-electron chi connectivity index (χ0n) is 14.6. The summed E-state index contributed by atoms with van der Waals surface area (Å²) in [6, 6.07) is 8.38. The van der Waals surface area contributed by atoms with Crippen LogP contribution in [0.15, 0.2) is 44.4 Å². The van der Waals surface area contributed by atoms with Gasteiger partial charge in [-0.25, -0.2) is 13.2 Å². The van der Waals surface area contributed by atoms with Crippen LogP contribution in [0, 0.1) is 6.92 Å². The van der Waals surface area contributed by atoms with E-state index >= 15 is 0 Å². The maximum Gasteiger partial charge on any atom is 0.339 e. The van der Waals surface area contributed by atoms with Crippen molar-refractivity contribution in [1.29, 1.82) is 0 Å². The molecule has 0 saturated carbocycles. The van der Waals surface area contributed by atoms with Gasteiger partial charge in [0.2, 0.25) is 10.0 Å². The third-order valence-corrected chi connectivity index (χ3v) is 6.77. The average Bonchev–Trinajstić information content (AvgIpc) is 2.56. The Bertz CT molecular complexity index is 989. The Balaban J connectivity index is 1.45. The lowest BCUT2D eigenvalue weighted by Crippen LogP contribution is -2.56. The molecule has 26 heavy (non-hydrogen) atoms. The zero-order valence-corrected chi connectivity index (χ0v) is 15.4. The van der Waals surface area contributed by atoms with Crippen LogP contribution in [0.25, 0.3) is 0 Å². The minimum atomic E-state index is -3.50. The molecule has 1 aliphatic heterocycles. The van der Waals surface area contributed by atoms with Gasteiger partial charge >= 0.3 is 5.63 Å². The van der Waals surface area contributed by atoms with Crippen molar-refractivity contribution in [3.8, 4) is 5.75 Å². The fourth-order valence-corrected chi connectivity index (χ4v) is 5.08. The molecule has 0 amide bonds. The van der Waals surface area contributed by atoms with E-state index in [-0.39, 0.29) is 19.2 Å². The first kappa shape index (κ1) is 17.3. The van der Waals surface area contributed by atoms with Gasteiger partial charge in [-0.05, 0) is 55.9 Å².